The van der Waals surface area contributed by atoms with Gasteiger partial charge in [-0.3, -0.25) is 9.59 Å². The molecule has 0 unspecified atom stereocenters. The fourth-order valence-corrected chi connectivity index (χ4v) is 1.69. The molecule has 15 heavy (non-hydrogen) atoms. The number of carbonyl (C=O) groups is 2. The van der Waals surface area contributed by atoms with Crippen molar-refractivity contribution in [1.29, 1.82) is 0 Å². The van der Waals surface area contributed by atoms with Crippen molar-refractivity contribution in [1.82, 2.24) is 4.90 Å². The third-order valence-corrected chi connectivity index (χ3v) is 2.60. The van der Waals surface area contributed by atoms with Crippen molar-refractivity contribution in [3.05, 3.63) is 0 Å². The highest BCUT2D eigenvalue weighted by molar-refractivity contribution is 5.81. The van der Waals surface area contributed by atoms with E-state index in [0.29, 0.717) is 32.5 Å². The second-order valence-corrected chi connectivity index (χ2v) is 3.59. The summed E-state index contributed by atoms with van der Waals surface area (Å²) >= 11 is 0. The van der Waals surface area contributed by atoms with Crippen molar-refractivity contribution in [2.45, 2.75) is 12.8 Å². The van der Waals surface area contributed by atoms with Gasteiger partial charge < -0.3 is 14.4 Å². The van der Waals surface area contributed by atoms with Crippen LogP contribution in [0.4, 0.5) is 0 Å². The number of nitrogens with zero attached hydrogens (tertiary/aromatic N) is 1. The Morgan fingerprint density at radius 1 is 1.53 bits per heavy atom. The molecule has 1 aliphatic heterocycles. The number of rotatable bonds is 4. The first-order valence-electron chi connectivity index (χ1n) is 5.03. The molecule has 0 radical (unpaired) electrons. The first-order valence-corrected chi connectivity index (χ1v) is 5.03. The molecule has 0 spiro atoms. The van der Waals surface area contributed by atoms with Gasteiger partial charge in [-0.25, -0.2) is 0 Å². The Balaban J connectivity index is 2.48. The molecule has 5 nitrogen and oxygen atoms in total. The van der Waals surface area contributed by atoms with Crippen LogP contribution in [0.25, 0.3) is 0 Å². The Bertz CT molecular complexity index is 242. The molecule has 86 valence electrons. The lowest BCUT2D eigenvalue weighted by atomic mass is 9.98. The highest BCUT2D eigenvalue weighted by atomic mass is 16.5. The molecule has 0 aromatic rings. The number of ether oxygens (including phenoxy) is 2. The van der Waals surface area contributed by atoms with Gasteiger partial charge in [0.1, 0.15) is 0 Å². The third-order valence-electron chi connectivity index (χ3n) is 2.60. The normalized spacial score (nSPS) is 21.6. The zero-order valence-electron chi connectivity index (χ0n) is 9.19. The van der Waals surface area contributed by atoms with Gasteiger partial charge in [0, 0.05) is 26.6 Å². The van der Waals surface area contributed by atoms with Gasteiger partial charge in [0.05, 0.1) is 19.6 Å². The summed E-state index contributed by atoms with van der Waals surface area (Å²) in [5.41, 5.74) is 0. The molecule has 1 saturated heterocycles. The van der Waals surface area contributed by atoms with Crippen LogP contribution in [0.5, 0.6) is 0 Å². The predicted octanol–water partition coefficient (Wildman–Crippen LogP) is 0.0444. The molecule has 5 heteroatoms. The molecular weight excluding hydrogens is 198 g/mol. The van der Waals surface area contributed by atoms with Gasteiger partial charge >= 0.3 is 5.97 Å². The summed E-state index contributed by atoms with van der Waals surface area (Å²) < 4.78 is 9.57. The second-order valence-electron chi connectivity index (χ2n) is 3.59. The lowest BCUT2D eigenvalue weighted by Gasteiger charge is -2.30. The largest absolute Gasteiger partial charge is 0.469 e. The molecular formula is C10H17NO4. The Kier molecular flexibility index (Phi) is 4.55. The number of methoxy groups -OCH3 is 2. The Morgan fingerprint density at radius 2 is 2.27 bits per heavy atom. The highest BCUT2D eigenvalue weighted by Gasteiger charge is 2.30. The van der Waals surface area contributed by atoms with Gasteiger partial charge in [0.25, 0.3) is 0 Å². The van der Waals surface area contributed by atoms with Gasteiger partial charge in [-0.15, -0.1) is 0 Å². The monoisotopic (exact) mass is 215 g/mol. The van der Waals surface area contributed by atoms with Crippen molar-refractivity contribution < 1.29 is 19.1 Å². The molecule has 1 rings (SSSR count). The van der Waals surface area contributed by atoms with Crippen LogP contribution >= 0.6 is 0 Å². The van der Waals surface area contributed by atoms with Crippen molar-refractivity contribution in [3.8, 4) is 0 Å². The van der Waals surface area contributed by atoms with Crippen molar-refractivity contribution in [3.63, 3.8) is 0 Å². The van der Waals surface area contributed by atoms with E-state index in [1.165, 1.54) is 7.11 Å². The van der Waals surface area contributed by atoms with Gasteiger partial charge in [-0.05, 0) is 6.42 Å². The van der Waals surface area contributed by atoms with E-state index in [0.717, 1.165) is 0 Å². The number of esters is 1. The van der Waals surface area contributed by atoms with E-state index in [1.807, 2.05) is 0 Å². The number of piperidine rings is 1. The Hall–Kier alpha value is -1.10. The second kappa shape index (κ2) is 5.70. The fraction of sp³-hybridized carbons (Fsp3) is 0.800. The number of carbonyl (C=O) groups excluding carboxylic acids is 2. The summed E-state index contributed by atoms with van der Waals surface area (Å²) in [7, 11) is 2.96. The molecule has 1 aliphatic rings. The van der Waals surface area contributed by atoms with E-state index < -0.39 is 0 Å². The maximum Gasteiger partial charge on any atom is 0.310 e. The molecule has 0 saturated carbocycles. The van der Waals surface area contributed by atoms with Gasteiger partial charge in [-0.1, -0.05) is 0 Å². The van der Waals surface area contributed by atoms with Crippen molar-refractivity contribution in [2.75, 3.05) is 33.9 Å². The van der Waals surface area contributed by atoms with E-state index in [-0.39, 0.29) is 17.8 Å². The minimum Gasteiger partial charge on any atom is -0.469 e. The van der Waals surface area contributed by atoms with Gasteiger partial charge in [0.15, 0.2) is 0 Å². The number of hydrogen-bond acceptors (Lipinski definition) is 4. The third kappa shape index (κ3) is 3.20. The van der Waals surface area contributed by atoms with E-state index >= 15 is 0 Å². The van der Waals surface area contributed by atoms with Crippen LogP contribution in [0.3, 0.4) is 0 Å². The molecule has 0 bridgehead atoms. The van der Waals surface area contributed by atoms with Crippen LogP contribution in [0.1, 0.15) is 12.8 Å². The van der Waals surface area contributed by atoms with Gasteiger partial charge in [0.2, 0.25) is 5.91 Å². The highest BCUT2D eigenvalue weighted by Crippen LogP contribution is 2.18. The van der Waals surface area contributed by atoms with Crippen LogP contribution in [0, 0.1) is 5.92 Å². The van der Waals surface area contributed by atoms with Crippen LogP contribution in [0.15, 0.2) is 0 Å². The average Bonchev–Trinajstić information content (AvgIpc) is 2.27. The summed E-state index contributed by atoms with van der Waals surface area (Å²) in [4.78, 5) is 24.4. The van der Waals surface area contributed by atoms with E-state index in [4.69, 9.17) is 4.74 Å². The van der Waals surface area contributed by atoms with E-state index in [1.54, 1.807) is 12.0 Å². The summed E-state index contributed by atoms with van der Waals surface area (Å²) in [5.74, 6) is -0.318. The van der Waals surface area contributed by atoms with Crippen molar-refractivity contribution >= 4 is 11.9 Å². The quantitative estimate of drug-likeness (QED) is 0.621. The van der Waals surface area contributed by atoms with Crippen LogP contribution < -0.4 is 0 Å². The first kappa shape index (κ1) is 12.0. The molecule has 0 aromatic carbocycles. The SMILES string of the molecule is COCCN1C[C@H](C(=O)OC)CCC1=O. The zero-order chi connectivity index (χ0) is 11.3. The smallest absolute Gasteiger partial charge is 0.310 e. The summed E-state index contributed by atoms with van der Waals surface area (Å²) in [6.45, 7) is 1.50. The predicted molar refractivity (Wildman–Crippen MR) is 53.2 cm³/mol. The molecule has 1 fully saturated rings. The minimum atomic E-state index is -0.232. The topological polar surface area (TPSA) is 55.8 Å². The van der Waals surface area contributed by atoms with Gasteiger partial charge in [-0.2, -0.15) is 0 Å². The van der Waals surface area contributed by atoms with Crippen LogP contribution in [-0.2, 0) is 19.1 Å². The molecule has 0 N–H and O–H groups in total. The minimum absolute atomic E-state index is 0.0900. The Labute approximate surface area is 89.3 Å². The molecule has 0 aliphatic carbocycles. The Morgan fingerprint density at radius 3 is 2.87 bits per heavy atom. The number of amides is 1. The lowest BCUT2D eigenvalue weighted by Crippen LogP contribution is -2.44. The average molecular weight is 215 g/mol. The van der Waals surface area contributed by atoms with Crippen LogP contribution in [-0.4, -0.2) is 50.7 Å². The molecule has 0 aromatic heterocycles. The van der Waals surface area contributed by atoms with E-state index in [2.05, 4.69) is 4.74 Å². The molecule has 1 heterocycles. The number of likely N-dealkylation sites (tertiary alicyclic amines) is 1. The molecule has 1 amide bonds. The summed E-state index contributed by atoms with van der Waals surface area (Å²) in [6.07, 6.45) is 1.01. The molecule has 1 atom stereocenters. The maximum absolute atomic E-state index is 11.5. The van der Waals surface area contributed by atoms with Crippen LogP contribution in [0.2, 0.25) is 0 Å². The fourth-order valence-electron chi connectivity index (χ4n) is 1.69. The van der Waals surface area contributed by atoms with Crippen molar-refractivity contribution in [2.24, 2.45) is 5.92 Å². The zero-order valence-corrected chi connectivity index (χ0v) is 9.19. The number of hydrogen-bond donors (Lipinski definition) is 0. The first-order chi connectivity index (χ1) is 7.19. The lowest BCUT2D eigenvalue weighted by molar-refractivity contribution is -0.150. The van der Waals surface area contributed by atoms with E-state index in [9.17, 15) is 9.59 Å². The maximum atomic E-state index is 11.5. The summed E-state index contributed by atoms with van der Waals surface area (Å²) in [5, 5.41) is 0. The standard InChI is InChI=1S/C10H17NO4/c1-14-6-5-11-7-8(10(13)15-2)3-4-9(11)12/h8H,3-7H2,1-2H3/t8-/m1/s1. The summed E-state index contributed by atoms with van der Waals surface area (Å²) in [6, 6.07) is 0.